The largest absolute Gasteiger partial charge is 0.383 e. The molecule has 9 nitrogen and oxygen atoms in total. The van der Waals surface area contributed by atoms with Crippen molar-refractivity contribution in [2.24, 2.45) is 0 Å². The molecule has 0 saturated carbocycles. The second-order valence-corrected chi connectivity index (χ2v) is 8.77. The van der Waals surface area contributed by atoms with E-state index in [4.69, 9.17) is 4.74 Å². The number of ether oxygens (including phenoxy) is 1. The molecule has 0 saturated heterocycles. The lowest BCUT2D eigenvalue weighted by atomic mass is 10.0. The fourth-order valence-corrected chi connectivity index (χ4v) is 5.22. The van der Waals surface area contributed by atoms with Crippen LogP contribution < -0.4 is 14.7 Å². The van der Waals surface area contributed by atoms with E-state index in [-0.39, 0.29) is 18.4 Å². The van der Waals surface area contributed by atoms with E-state index in [9.17, 15) is 9.59 Å². The van der Waals surface area contributed by atoms with E-state index in [2.05, 4.69) is 14.9 Å². The molecule has 0 bridgehead atoms. The first-order valence-electron chi connectivity index (χ1n) is 9.84. The van der Waals surface area contributed by atoms with Gasteiger partial charge in [0, 0.05) is 45.7 Å². The average molecular weight is 431 g/mol. The van der Waals surface area contributed by atoms with Crippen LogP contribution in [0.2, 0.25) is 0 Å². The summed E-state index contributed by atoms with van der Waals surface area (Å²) < 4.78 is 5.20. The van der Waals surface area contributed by atoms with Gasteiger partial charge in [-0.15, -0.1) is 11.3 Å². The zero-order chi connectivity index (χ0) is 21.4. The minimum absolute atomic E-state index is 0.0801. The summed E-state index contributed by atoms with van der Waals surface area (Å²) >= 11 is 1.53. The standard InChI is InChI=1S/C20H26N6O3S/c1-23(2)15-9-16(22-12-21-15)25-6-5-13-14(10-25)30-20-18(13)19(28)24(3)11-17(27)26(20)7-8-29-4/h9,12H,5-8,10-11H2,1-4H3. The molecule has 0 aromatic carbocycles. The molecule has 0 radical (unpaired) electrons. The van der Waals surface area contributed by atoms with Gasteiger partial charge in [-0.1, -0.05) is 0 Å². The zero-order valence-electron chi connectivity index (χ0n) is 17.7. The Labute approximate surface area is 179 Å². The van der Waals surface area contributed by atoms with Gasteiger partial charge in [0.15, 0.2) is 0 Å². The Hall–Kier alpha value is -2.72. The fourth-order valence-electron chi connectivity index (χ4n) is 3.82. The Balaban J connectivity index is 1.70. The number of aromatic nitrogens is 2. The number of thiophene rings is 1. The molecule has 2 amide bonds. The minimum atomic E-state index is -0.0823. The van der Waals surface area contributed by atoms with Gasteiger partial charge in [0.1, 0.15) is 29.5 Å². The number of rotatable bonds is 5. The molecule has 2 aliphatic rings. The molecule has 0 N–H and O–H groups in total. The number of methoxy groups -OCH3 is 1. The normalized spacial score (nSPS) is 16.5. The molecule has 0 unspecified atom stereocenters. The topological polar surface area (TPSA) is 82.1 Å². The molecule has 0 aliphatic carbocycles. The Kier molecular flexibility index (Phi) is 5.61. The first-order chi connectivity index (χ1) is 14.4. The SMILES string of the molecule is COCCN1C(=O)CN(C)C(=O)c2c1sc1c2CCN(c2cc(N(C)C)ncn2)C1. The smallest absolute Gasteiger partial charge is 0.257 e. The van der Waals surface area contributed by atoms with Crippen LogP contribution in [0.25, 0.3) is 0 Å². The van der Waals surface area contributed by atoms with Crippen molar-refractivity contribution >= 4 is 39.8 Å². The van der Waals surface area contributed by atoms with Crippen molar-refractivity contribution in [3.05, 3.63) is 28.4 Å². The van der Waals surface area contributed by atoms with Gasteiger partial charge in [-0.25, -0.2) is 9.97 Å². The molecular formula is C20H26N6O3S. The highest BCUT2D eigenvalue weighted by Gasteiger charge is 2.36. The molecule has 0 fully saturated rings. The molecule has 30 heavy (non-hydrogen) atoms. The highest BCUT2D eigenvalue weighted by Crippen LogP contribution is 2.41. The van der Waals surface area contributed by atoms with E-state index in [1.165, 1.54) is 16.2 Å². The quantitative estimate of drug-likeness (QED) is 0.706. The average Bonchev–Trinajstić information content (AvgIpc) is 3.08. The first kappa shape index (κ1) is 20.5. The lowest BCUT2D eigenvalue weighted by Gasteiger charge is -2.29. The van der Waals surface area contributed by atoms with Crippen molar-refractivity contribution in [3.8, 4) is 0 Å². The molecule has 10 heteroatoms. The molecular weight excluding hydrogens is 404 g/mol. The summed E-state index contributed by atoms with van der Waals surface area (Å²) in [4.78, 5) is 43.1. The number of carbonyl (C=O) groups is 2. The summed E-state index contributed by atoms with van der Waals surface area (Å²) in [5.74, 6) is 1.55. The molecule has 0 spiro atoms. The maximum Gasteiger partial charge on any atom is 0.257 e. The van der Waals surface area contributed by atoms with Crippen LogP contribution in [-0.4, -0.2) is 81.2 Å². The van der Waals surface area contributed by atoms with Crippen molar-refractivity contribution in [2.75, 3.05) is 69.2 Å². The molecule has 2 aromatic heterocycles. The van der Waals surface area contributed by atoms with Gasteiger partial charge in [-0.3, -0.25) is 14.5 Å². The number of hydrogen-bond donors (Lipinski definition) is 0. The first-order valence-corrected chi connectivity index (χ1v) is 10.7. The molecule has 4 heterocycles. The number of anilines is 3. The monoisotopic (exact) mass is 430 g/mol. The van der Waals surface area contributed by atoms with Crippen LogP contribution in [0.1, 0.15) is 20.8 Å². The predicted molar refractivity (Wildman–Crippen MR) is 117 cm³/mol. The third-order valence-corrected chi connectivity index (χ3v) is 6.70. The van der Waals surface area contributed by atoms with E-state index in [0.717, 1.165) is 40.0 Å². The third-order valence-electron chi connectivity index (χ3n) is 5.46. The van der Waals surface area contributed by atoms with Crippen LogP contribution in [0.5, 0.6) is 0 Å². The summed E-state index contributed by atoms with van der Waals surface area (Å²) in [5, 5.41) is 0.745. The lowest BCUT2D eigenvalue weighted by Crippen LogP contribution is -2.39. The predicted octanol–water partition coefficient (Wildman–Crippen LogP) is 1.23. The van der Waals surface area contributed by atoms with E-state index in [1.54, 1.807) is 25.4 Å². The molecule has 2 aromatic rings. The fraction of sp³-hybridized carbons (Fsp3) is 0.500. The Morgan fingerprint density at radius 2 is 2.03 bits per heavy atom. The molecule has 0 atom stereocenters. The summed E-state index contributed by atoms with van der Waals surface area (Å²) in [6.07, 6.45) is 2.31. The maximum absolute atomic E-state index is 13.1. The van der Waals surface area contributed by atoms with Crippen LogP contribution in [0, 0.1) is 0 Å². The second kappa shape index (κ2) is 8.19. The van der Waals surface area contributed by atoms with Crippen LogP contribution in [0.15, 0.2) is 12.4 Å². The van der Waals surface area contributed by atoms with E-state index in [1.807, 2.05) is 25.1 Å². The Morgan fingerprint density at radius 3 is 2.77 bits per heavy atom. The maximum atomic E-state index is 13.1. The number of fused-ring (bicyclic) bond motifs is 3. The third kappa shape index (κ3) is 3.61. The van der Waals surface area contributed by atoms with Crippen molar-refractivity contribution in [3.63, 3.8) is 0 Å². The van der Waals surface area contributed by atoms with Gasteiger partial charge >= 0.3 is 0 Å². The zero-order valence-corrected chi connectivity index (χ0v) is 18.5. The van der Waals surface area contributed by atoms with Crippen LogP contribution in [0.4, 0.5) is 16.6 Å². The number of carbonyl (C=O) groups excluding carboxylic acids is 2. The van der Waals surface area contributed by atoms with Crippen molar-refractivity contribution < 1.29 is 14.3 Å². The summed E-state index contributed by atoms with van der Waals surface area (Å²) in [6.45, 7) is 2.35. The van der Waals surface area contributed by atoms with Crippen molar-refractivity contribution in [1.82, 2.24) is 14.9 Å². The summed E-state index contributed by atoms with van der Waals surface area (Å²) in [5.41, 5.74) is 1.73. The lowest BCUT2D eigenvalue weighted by molar-refractivity contribution is -0.119. The van der Waals surface area contributed by atoms with Gasteiger partial charge in [-0.05, 0) is 12.0 Å². The second-order valence-electron chi connectivity index (χ2n) is 7.68. The number of nitrogens with zero attached hydrogens (tertiary/aromatic N) is 6. The summed E-state index contributed by atoms with van der Waals surface area (Å²) in [7, 11) is 7.20. The minimum Gasteiger partial charge on any atom is -0.383 e. The summed E-state index contributed by atoms with van der Waals surface area (Å²) in [6, 6.07) is 1.97. The number of amides is 2. The van der Waals surface area contributed by atoms with E-state index >= 15 is 0 Å². The van der Waals surface area contributed by atoms with Crippen LogP contribution in [0.3, 0.4) is 0 Å². The highest BCUT2D eigenvalue weighted by molar-refractivity contribution is 7.17. The molecule has 4 rings (SSSR count). The van der Waals surface area contributed by atoms with Crippen molar-refractivity contribution in [1.29, 1.82) is 0 Å². The highest BCUT2D eigenvalue weighted by atomic mass is 32.1. The van der Waals surface area contributed by atoms with Crippen LogP contribution in [-0.2, 0) is 22.5 Å². The van der Waals surface area contributed by atoms with Crippen molar-refractivity contribution in [2.45, 2.75) is 13.0 Å². The number of hydrogen-bond acceptors (Lipinski definition) is 8. The van der Waals surface area contributed by atoms with Gasteiger partial charge < -0.3 is 19.4 Å². The van der Waals surface area contributed by atoms with Gasteiger partial charge in [0.05, 0.1) is 25.3 Å². The Morgan fingerprint density at radius 1 is 1.23 bits per heavy atom. The van der Waals surface area contributed by atoms with Gasteiger partial charge in [0.2, 0.25) is 5.91 Å². The Bertz CT molecular complexity index is 975. The molecule has 2 aliphatic heterocycles. The van der Waals surface area contributed by atoms with E-state index < -0.39 is 0 Å². The number of likely N-dealkylation sites (N-methyl/N-ethyl adjacent to an activating group) is 1. The molecule has 160 valence electrons. The van der Waals surface area contributed by atoms with Crippen LogP contribution >= 0.6 is 11.3 Å². The van der Waals surface area contributed by atoms with E-state index in [0.29, 0.717) is 25.3 Å². The van der Waals surface area contributed by atoms with Gasteiger partial charge in [-0.2, -0.15) is 0 Å². The van der Waals surface area contributed by atoms with Gasteiger partial charge in [0.25, 0.3) is 5.91 Å².